The molecule has 2 aromatic heterocycles. The number of carbonyl (C=O) groups is 1. The van der Waals surface area contributed by atoms with E-state index >= 15 is 0 Å². The molecule has 0 spiro atoms. The molecule has 0 atom stereocenters. The maximum Gasteiger partial charge on any atom is 0.248 e. The first-order valence-corrected chi connectivity index (χ1v) is 5.61. The third kappa shape index (κ3) is 2.37. The van der Waals surface area contributed by atoms with Crippen LogP contribution in [0, 0.1) is 0 Å². The Bertz CT molecular complexity index is 696. The molecule has 8 heteroatoms. The molecule has 0 aliphatic rings. The first-order valence-electron chi connectivity index (χ1n) is 5.61. The number of rotatable bonds is 3. The number of imidazole rings is 1. The fourth-order valence-corrected chi connectivity index (χ4v) is 1.72. The monoisotopic (exact) mass is 257 g/mol. The molecule has 0 saturated heterocycles. The van der Waals surface area contributed by atoms with E-state index in [1.807, 2.05) is 24.3 Å². The molecule has 96 valence electrons. The van der Waals surface area contributed by atoms with Gasteiger partial charge in [-0.25, -0.2) is 9.67 Å². The first kappa shape index (κ1) is 11.2. The number of nitrogens with two attached hydrogens (primary N) is 1. The Hall–Kier alpha value is -2.90. The van der Waals surface area contributed by atoms with E-state index in [1.165, 1.54) is 10.9 Å². The number of para-hydroxylation sites is 2. The lowest BCUT2D eigenvalue weighted by Crippen LogP contribution is -2.19. The number of nitrogens with zero attached hydrogens (tertiary/aromatic N) is 4. The zero-order valence-corrected chi connectivity index (χ0v) is 9.87. The molecule has 3 rings (SSSR count). The van der Waals surface area contributed by atoms with E-state index in [0.29, 0.717) is 5.95 Å². The van der Waals surface area contributed by atoms with Crippen LogP contribution in [-0.4, -0.2) is 30.9 Å². The number of anilines is 2. The van der Waals surface area contributed by atoms with Gasteiger partial charge in [0.2, 0.25) is 11.9 Å². The summed E-state index contributed by atoms with van der Waals surface area (Å²) in [5.74, 6) is 0.416. The molecule has 2 heterocycles. The van der Waals surface area contributed by atoms with Gasteiger partial charge in [0.25, 0.3) is 0 Å². The van der Waals surface area contributed by atoms with Crippen molar-refractivity contribution in [2.45, 2.75) is 6.54 Å². The largest absolute Gasteiger partial charge is 0.381 e. The Morgan fingerprint density at radius 2 is 2.26 bits per heavy atom. The van der Waals surface area contributed by atoms with Crippen molar-refractivity contribution < 1.29 is 4.79 Å². The number of aromatic amines is 1. The number of nitrogens with one attached hydrogen (secondary N) is 2. The van der Waals surface area contributed by atoms with Crippen LogP contribution in [0.3, 0.4) is 0 Å². The Balaban J connectivity index is 1.72. The zero-order valence-electron chi connectivity index (χ0n) is 9.87. The number of amides is 1. The maximum absolute atomic E-state index is 11.8. The lowest BCUT2D eigenvalue weighted by atomic mass is 10.3. The van der Waals surface area contributed by atoms with E-state index < -0.39 is 0 Å². The van der Waals surface area contributed by atoms with Crippen molar-refractivity contribution in [3.05, 3.63) is 30.5 Å². The number of aromatic nitrogens is 5. The third-order valence-electron chi connectivity index (χ3n) is 2.51. The summed E-state index contributed by atoms with van der Waals surface area (Å²) in [6.45, 7) is 0.0290. The van der Waals surface area contributed by atoms with Gasteiger partial charge in [0.05, 0.1) is 17.2 Å². The van der Waals surface area contributed by atoms with Crippen LogP contribution < -0.4 is 11.1 Å². The minimum Gasteiger partial charge on any atom is -0.381 e. The highest BCUT2D eigenvalue weighted by molar-refractivity contribution is 5.90. The average molecular weight is 257 g/mol. The summed E-state index contributed by atoms with van der Waals surface area (Å²) < 4.78 is 1.35. The van der Waals surface area contributed by atoms with Crippen LogP contribution in [0.4, 0.5) is 11.8 Å². The molecule has 1 amide bonds. The molecule has 0 radical (unpaired) electrons. The molecular formula is C11H11N7O. The Labute approximate surface area is 107 Å². The molecular weight excluding hydrogens is 246 g/mol. The van der Waals surface area contributed by atoms with Gasteiger partial charge in [-0.3, -0.25) is 10.1 Å². The second-order valence-corrected chi connectivity index (χ2v) is 3.99. The van der Waals surface area contributed by atoms with Gasteiger partial charge in [0.15, 0.2) is 5.82 Å². The Morgan fingerprint density at radius 1 is 1.42 bits per heavy atom. The van der Waals surface area contributed by atoms with Crippen molar-refractivity contribution in [1.82, 2.24) is 25.0 Å². The number of hydrogen-bond acceptors (Lipinski definition) is 5. The molecule has 3 aromatic rings. The predicted molar refractivity (Wildman–Crippen MR) is 69.2 cm³/mol. The van der Waals surface area contributed by atoms with E-state index in [0.717, 1.165) is 11.0 Å². The van der Waals surface area contributed by atoms with Gasteiger partial charge in [-0.2, -0.15) is 0 Å². The van der Waals surface area contributed by atoms with Gasteiger partial charge in [-0.05, 0) is 12.1 Å². The highest BCUT2D eigenvalue weighted by Gasteiger charge is 2.08. The van der Waals surface area contributed by atoms with Crippen molar-refractivity contribution in [2.75, 3.05) is 11.1 Å². The van der Waals surface area contributed by atoms with Gasteiger partial charge < -0.3 is 10.7 Å². The molecule has 1 aromatic carbocycles. The number of nitrogen functional groups attached to an aromatic ring is 1. The molecule has 0 aliphatic heterocycles. The summed E-state index contributed by atoms with van der Waals surface area (Å²) in [5, 5.41) is 9.94. The van der Waals surface area contributed by atoms with E-state index in [-0.39, 0.29) is 18.3 Å². The van der Waals surface area contributed by atoms with Crippen LogP contribution >= 0.6 is 0 Å². The SMILES string of the molecule is Nc1cn(CC(=O)Nc2nc3ccccc3[nH]2)nn1. The van der Waals surface area contributed by atoms with Crippen molar-refractivity contribution in [2.24, 2.45) is 0 Å². The van der Waals surface area contributed by atoms with Gasteiger partial charge in [0.1, 0.15) is 6.54 Å². The van der Waals surface area contributed by atoms with E-state index in [9.17, 15) is 4.79 Å². The van der Waals surface area contributed by atoms with Crippen molar-refractivity contribution in [3.63, 3.8) is 0 Å². The number of fused-ring (bicyclic) bond motifs is 1. The molecule has 19 heavy (non-hydrogen) atoms. The second-order valence-electron chi connectivity index (χ2n) is 3.99. The molecule has 0 aliphatic carbocycles. The van der Waals surface area contributed by atoms with E-state index in [2.05, 4.69) is 25.6 Å². The highest BCUT2D eigenvalue weighted by Crippen LogP contribution is 2.13. The highest BCUT2D eigenvalue weighted by atomic mass is 16.2. The van der Waals surface area contributed by atoms with Gasteiger partial charge >= 0.3 is 0 Å². The average Bonchev–Trinajstić information content (AvgIpc) is 2.94. The lowest BCUT2D eigenvalue weighted by molar-refractivity contribution is -0.117. The standard InChI is InChI=1S/C11H11N7O/c12-9-5-18(17-16-9)6-10(19)15-11-13-7-3-1-2-4-8(7)14-11/h1-5H,6,12H2,(H2,13,14,15,19). The summed E-state index contributed by atoms with van der Waals surface area (Å²) in [5.41, 5.74) is 7.07. The number of benzene rings is 1. The number of hydrogen-bond donors (Lipinski definition) is 3. The topological polar surface area (TPSA) is 115 Å². The van der Waals surface area contributed by atoms with Crippen LogP contribution in [0.15, 0.2) is 30.5 Å². The quantitative estimate of drug-likeness (QED) is 0.627. The van der Waals surface area contributed by atoms with Crippen molar-refractivity contribution in [3.8, 4) is 0 Å². The van der Waals surface area contributed by atoms with Crippen LogP contribution in [0.25, 0.3) is 11.0 Å². The number of carbonyl (C=O) groups excluding carboxylic acids is 1. The minimum atomic E-state index is -0.260. The Kier molecular flexibility index (Phi) is 2.60. The molecule has 0 unspecified atom stereocenters. The second kappa shape index (κ2) is 4.41. The normalized spacial score (nSPS) is 10.7. The molecule has 4 N–H and O–H groups in total. The molecule has 0 bridgehead atoms. The fraction of sp³-hybridized carbons (Fsp3) is 0.0909. The zero-order chi connectivity index (χ0) is 13.2. The third-order valence-corrected chi connectivity index (χ3v) is 2.51. The summed E-state index contributed by atoms with van der Waals surface area (Å²) in [7, 11) is 0. The number of H-pyrrole nitrogens is 1. The molecule has 0 fully saturated rings. The molecule has 8 nitrogen and oxygen atoms in total. The fourth-order valence-electron chi connectivity index (χ4n) is 1.72. The smallest absolute Gasteiger partial charge is 0.248 e. The summed E-state index contributed by atoms with van der Waals surface area (Å²) >= 11 is 0. The Morgan fingerprint density at radius 3 is 3.00 bits per heavy atom. The van der Waals surface area contributed by atoms with Gasteiger partial charge in [0, 0.05) is 0 Å². The summed E-state index contributed by atoms with van der Waals surface area (Å²) in [6.07, 6.45) is 1.48. The van der Waals surface area contributed by atoms with Crippen LogP contribution in [-0.2, 0) is 11.3 Å². The van der Waals surface area contributed by atoms with Crippen molar-refractivity contribution >= 4 is 28.7 Å². The first-order chi connectivity index (χ1) is 9.20. The predicted octanol–water partition coefficient (Wildman–Crippen LogP) is 0.375. The van der Waals surface area contributed by atoms with Crippen LogP contribution in [0.1, 0.15) is 0 Å². The maximum atomic E-state index is 11.8. The van der Waals surface area contributed by atoms with Gasteiger partial charge in [-0.15, -0.1) is 5.10 Å². The van der Waals surface area contributed by atoms with Crippen molar-refractivity contribution in [1.29, 1.82) is 0 Å². The van der Waals surface area contributed by atoms with Crippen LogP contribution in [0.5, 0.6) is 0 Å². The summed E-state index contributed by atoms with van der Waals surface area (Å²) in [6, 6.07) is 7.52. The van der Waals surface area contributed by atoms with E-state index in [1.54, 1.807) is 0 Å². The van der Waals surface area contributed by atoms with Crippen LogP contribution in [0.2, 0.25) is 0 Å². The minimum absolute atomic E-state index is 0.0290. The summed E-state index contributed by atoms with van der Waals surface area (Å²) in [4.78, 5) is 19.0. The molecule has 0 saturated carbocycles. The van der Waals surface area contributed by atoms with Gasteiger partial charge in [-0.1, -0.05) is 17.3 Å². The van der Waals surface area contributed by atoms with E-state index in [4.69, 9.17) is 5.73 Å². The lowest BCUT2D eigenvalue weighted by Gasteiger charge is -2.00.